The quantitative estimate of drug-likeness (QED) is 0.446. The average molecular weight is 398 g/mol. The molecule has 2 aromatic carbocycles. The first-order valence-electron chi connectivity index (χ1n) is 8.62. The topological polar surface area (TPSA) is 137 Å². The van der Waals surface area contributed by atoms with Gasteiger partial charge >= 0.3 is 5.97 Å². The number of methoxy groups -OCH3 is 1. The van der Waals surface area contributed by atoms with Gasteiger partial charge in [0.1, 0.15) is 6.17 Å². The van der Waals surface area contributed by atoms with Gasteiger partial charge in [-0.2, -0.15) is 0 Å². The molecule has 0 spiro atoms. The minimum Gasteiger partial charge on any atom is -0.466 e. The fourth-order valence-electron chi connectivity index (χ4n) is 3.30. The van der Waals surface area contributed by atoms with Crippen LogP contribution in [0.5, 0.6) is 0 Å². The summed E-state index contributed by atoms with van der Waals surface area (Å²) in [4.78, 5) is 33.7. The minimum absolute atomic E-state index is 0.0748. The van der Waals surface area contributed by atoms with Crippen LogP contribution in [0.1, 0.15) is 30.3 Å². The molecular formula is C19H18N4O6. The highest BCUT2D eigenvalue weighted by Crippen LogP contribution is 2.35. The molecule has 0 fully saturated rings. The van der Waals surface area contributed by atoms with Crippen LogP contribution in [0.15, 0.2) is 59.8 Å². The Morgan fingerprint density at radius 1 is 1.03 bits per heavy atom. The fourth-order valence-corrected chi connectivity index (χ4v) is 3.30. The van der Waals surface area contributed by atoms with Crippen LogP contribution in [0.3, 0.4) is 0 Å². The summed E-state index contributed by atoms with van der Waals surface area (Å²) >= 11 is 0. The monoisotopic (exact) mass is 398 g/mol. The maximum atomic E-state index is 12.4. The molecule has 10 heteroatoms. The summed E-state index contributed by atoms with van der Waals surface area (Å²) < 4.78 is 4.88. The number of hydrogen-bond acceptors (Lipinski definition) is 8. The summed E-state index contributed by atoms with van der Waals surface area (Å²) in [6.45, 7) is 1.67. The Balaban J connectivity index is 2.07. The van der Waals surface area contributed by atoms with E-state index in [9.17, 15) is 25.0 Å². The molecule has 0 aromatic heterocycles. The molecule has 0 amide bonds. The molecule has 3 rings (SSSR count). The second-order valence-corrected chi connectivity index (χ2v) is 6.37. The summed E-state index contributed by atoms with van der Waals surface area (Å²) in [5.74, 6) is -0.577. The molecule has 29 heavy (non-hydrogen) atoms. The first-order valence-corrected chi connectivity index (χ1v) is 8.62. The number of allylic oxidation sites excluding steroid dienone is 1. The molecule has 1 heterocycles. The predicted molar refractivity (Wildman–Crippen MR) is 103 cm³/mol. The Bertz CT molecular complexity index is 1000. The van der Waals surface area contributed by atoms with Crippen LogP contribution in [-0.4, -0.2) is 22.9 Å². The molecule has 1 aliphatic heterocycles. The van der Waals surface area contributed by atoms with Gasteiger partial charge in [-0.3, -0.25) is 25.5 Å². The molecule has 1 aliphatic rings. The van der Waals surface area contributed by atoms with Gasteiger partial charge in [-0.1, -0.05) is 24.3 Å². The highest BCUT2D eigenvalue weighted by molar-refractivity contribution is 5.91. The Hall–Kier alpha value is -3.79. The Morgan fingerprint density at radius 3 is 2.28 bits per heavy atom. The van der Waals surface area contributed by atoms with Gasteiger partial charge in [-0.25, -0.2) is 4.79 Å². The minimum atomic E-state index is -0.686. The predicted octanol–water partition coefficient (Wildman–Crippen LogP) is 2.88. The van der Waals surface area contributed by atoms with E-state index < -0.39 is 28.0 Å². The average Bonchev–Trinajstić information content (AvgIpc) is 2.72. The zero-order valence-corrected chi connectivity index (χ0v) is 15.6. The third-order valence-electron chi connectivity index (χ3n) is 4.67. The van der Waals surface area contributed by atoms with Crippen molar-refractivity contribution < 1.29 is 19.4 Å². The van der Waals surface area contributed by atoms with Crippen LogP contribution < -0.4 is 10.6 Å². The first kappa shape index (κ1) is 20.0. The Morgan fingerprint density at radius 2 is 1.69 bits per heavy atom. The summed E-state index contributed by atoms with van der Waals surface area (Å²) in [7, 11) is 1.25. The van der Waals surface area contributed by atoms with Crippen molar-refractivity contribution in [2.45, 2.75) is 19.1 Å². The number of rotatable bonds is 5. The molecule has 0 unspecified atom stereocenters. The number of nitro groups is 2. The Kier molecular flexibility index (Phi) is 5.55. The van der Waals surface area contributed by atoms with Crippen molar-refractivity contribution in [3.05, 3.63) is 91.2 Å². The van der Waals surface area contributed by atoms with Gasteiger partial charge in [0.15, 0.2) is 0 Å². The molecule has 150 valence electrons. The number of nitrogens with one attached hydrogen (secondary N) is 2. The zero-order chi connectivity index (χ0) is 21.1. The smallest absolute Gasteiger partial charge is 0.337 e. The molecule has 0 radical (unpaired) electrons. The van der Waals surface area contributed by atoms with Gasteiger partial charge in [0, 0.05) is 23.9 Å². The number of esters is 1. The van der Waals surface area contributed by atoms with Crippen LogP contribution in [0.2, 0.25) is 0 Å². The fraction of sp³-hybridized carbons (Fsp3) is 0.211. The number of carbonyl (C=O) groups excluding carboxylic acids is 1. The number of benzene rings is 2. The van der Waals surface area contributed by atoms with Crippen LogP contribution in [0.25, 0.3) is 0 Å². The number of carbonyl (C=O) groups is 1. The molecular weight excluding hydrogens is 380 g/mol. The maximum absolute atomic E-state index is 12.4. The Labute approximate surface area is 165 Å². The first-order chi connectivity index (χ1) is 13.8. The summed E-state index contributed by atoms with van der Waals surface area (Å²) in [5.41, 5.74) is 1.60. The summed E-state index contributed by atoms with van der Waals surface area (Å²) in [6, 6.07) is 11.3. The van der Waals surface area contributed by atoms with E-state index in [1.54, 1.807) is 25.1 Å². The molecule has 0 bridgehead atoms. The highest BCUT2D eigenvalue weighted by atomic mass is 16.6. The van der Waals surface area contributed by atoms with Crippen molar-refractivity contribution in [2.24, 2.45) is 0 Å². The van der Waals surface area contributed by atoms with Crippen LogP contribution >= 0.6 is 0 Å². The van der Waals surface area contributed by atoms with Crippen molar-refractivity contribution in [1.82, 2.24) is 10.6 Å². The largest absolute Gasteiger partial charge is 0.466 e. The molecule has 10 nitrogen and oxygen atoms in total. The lowest BCUT2D eigenvalue weighted by Gasteiger charge is -2.35. The SMILES string of the molecule is COC(=O)C1=C(C)N[C@H](c2ccccc2[N+](=O)[O-])N[C@@H]1c1ccc([N+](=O)[O-])cc1. The van der Waals surface area contributed by atoms with Crippen molar-refractivity contribution >= 4 is 17.3 Å². The third kappa shape index (κ3) is 3.92. The molecule has 0 saturated carbocycles. The summed E-state index contributed by atoms with van der Waals surface area (Å²) in [6.07, 6.45) is -0.662. The van der Waals surface area contributed by atoms with E-state index in [0.717, 1.165) is 0 Å². The lowest BCUT2D eigenvalue weighted by Crippen LogP contribution is -2.44. The van der Waals surface area contributed by atoms with Gasteiger partial charge in [0.25, 0.3) is 11.4 Å². The van der Waals surface area contributed by atoms with E-state index >= 15 is 0 Å². The van der Waals surface area contributed by atoms with E-state index in [0.29, 0.717) is 16.8 Å². The van der Waals surface area contributed by atoms with E-state index in [1.165, 1.54) is 37.4 Å². The number of nitrogens with zero attached hydrogens (tertiary/aromatic N) is 2. The molecule has 0 saturated heterocycles. The van der Waals surface area contributed by atoms with Crippen LogP contribution in [0, 0.1) is 20.2 Å². The molecule has 2 aromatic rings. The van der Waals surface area contributed by atoms with Crippen LogP contribution in [-0.2, 0) is 9.53 Å². The van der Waals surface area contributed by atoms with Gasteiger partial charge in [-0.05, 0) is 18.6 Å². The lowest BCUT2D eigenvalue weighted by atomic mass is 9.93. The van der Waals surface area contributed by atoms with Gasteiger partial charge < -0.3 is 10.1 Å². The number of non-ortho nitro benzene ring substituents is 1. The number of hydrogen-bond donors (Lipinski definition) is 2. The van der Waals surface area contributed by atoms with Gasteiger partial charge in [0.05, 0.1) is 34.1 Å². The lowest BCUT2D eigenvalue weighted by molar-refractivity contribution is -0.385. The second-order valence-electron chi connectivity index (χ2n) is 6.37. The standard InChI is InChI=1S/C19H18N4O6/c1-11-16(19(24)29-2)17(12-7-9-13(10-8-12)22(25)26)21-18(20-11)14-5-3-4-6-15(14)23(27)28/h3-10,17-18,20-21H,1-2H3/t17-,18+/m1/s1. The maximum Gasteiger partial charge on any atom is 0.337 e. The van der Waals surface area contributed by atoms with E-state index in [-0.39, 0.29) is 16.9 Å². The molecule has 2 atom stereocenters. The zero-order valence-electron chi connectivity index (χ0n) is 15.6. The number of nitro benzene ring substituents is 2. The van der Waals surface area contributed by atoms with Gasteiger partial charge in [-0.15, -0.1) is 0 Å². The van der Waals surface area contributed by atoms with Crippen molar-refractivity contribution in [3.8, 4) is 0 Å². The van der Waals surface area contributed by atoms with Crippen molar-refractivity contribution in [3.63, 3.8) is 0 Å². The van der Waals surface area contributed by atoms with Crippen molar-refractivity contribution in [1.29, 1.82) is 0 Å². The summed E-state index contributed by atoms with van der Waals surface area (Å²) in [5, 5.41) is 28.6. The number of para-hydroxylation sites is 1. The van der Waals surface area contributed by atoms with E-state index in [1.807, 2.05) is 0 Å². The van der Waals surface area contributed by atoms with Crippen LogP contribution in [0.4, 0.5) is 11.4 Å². The normalized spacial score (nSPS) is 18.7. The van der Waals surface area contributed by atoms with E-state index in [4.69, 9.17) is 4.74 Å². The molecule has 2 N–H and O–H groups in total. The highest BCUT2D eigenvalue weighted by Gasteiger charge is 2.35. The van der Waals surface area contributed by atoms with E-state index in [2.05, 4.69) is 10.6 Å². The van der Waals surface area contributed by atoms with Gasteiger partial charge in [0.2, 0.25) is 0 Å². The van der Waals surface area contributed by atoms with Crippen molar-refractivity contribution in [2.75, 3.05) is 7.11 Å². The second kappa shape index (κ2) is 8.07. The third-order valence-corrected chi connectivity index (χ3v) is 4.67. The number of ether oxygens (including phenoxy) is 1. The molecule has 0 aliphatic carbocycles.